The standard InChI is InChI=1S/C12H19ClN2S/c1-15(8-10-4-5-11(13)16-10)12(9-14)6-2-3-7-12/h4-5H,2-3,6-9,14H2,1H3. The van der Waals surface area contributed by atoms with Crippen molar-refractivity contribution in [1.82, 2.24) is 4.90 Å². The minimum absolute atomic E-state index is 0.233. The van der Waals surface area contributed by atoms with Crippen molar-refractivity contribution in [2.24, 2.45) is 5.73 Å². The van der Waals surface area contributed by atoms with E-state index in [1.54, 1.807) is 11.3 Å². The summed E-state index contributed by atoms with van der Waals surface area (Å²) in [4.78, 5) is 3.74. The van der Waals surface area contributed by atoms with Gasteiger partial charge in [0.2, 0.25) is 0 Å². The number of likely N-dealkylation sites (N-methyl/N-ethyl adjacent to an activating group) is 1. The van der Waals surface area contributed by atoms with Crippen LogP contribution in [0.5, 0.6) is 0 Å². The molecule has 1 aliphatic rings. The van der Waals surface area contributed by atoms with Crippen molar-refractivity contribution in [2.45, 2.75) is 37.8 Å². The van der Waals surface area contributed by atoms with Crippen LogP contribution in [0.2, 0.25) is 4.34 Å². The lowest BCUT2D eigenvalue weighted by Gasteiger charge is -2.37. The molecule has 1 saturated carbocycles. The van der Waals surface area contributed by atoms with Crippen molar-refractivity contribution in [3.8, 4) is 0 Å². The second-order valence-corrected chi connectivity index (χ2v) is 6.50. The second kappa shape index (κ2) is 5.05. The molecule has 2 N–H and O–H groups in total. The van der Waals surface area contributed by atoms with Gasteiger partial charge in [0.1, 0.15) is 0 Å². The van der Waals surface area contributed by atoms with E-state index in [1.165, 1.54) is 30.6 Å². The number of hydrogen-bond acceptors (Lipinski definition) is 3. The molecule has 2 nitrogen and oxygen atoms in total. The first-order valence-electron chi connectivity index (χ1n) is 5.82. The zero-order chi connectivity index (χ0) is 11.6. The minimum Gasteiger partial charge on any atom is -0.329 e. The van der Waals surface area contributed by atoms with Crippen LogP contribution in [0.15, 0.2) is 12.1 Å². The molecule has 1 heterocycles. The third-order valence-corrected chi connectivity index (χ3v) is 4.96. The lowest BCUT2D eigenvalue weighted by atomic mass is 9.96. The summed E-state index contributed by atoms with van der Waals surface area (Å²) >= 11 is 7.61. The number of rotatable bonds is 4. The predicted molar refractivity (Wildman–Crippen MR) is 71.0 cm³/mol. The van der Waals surface area contributed by atoms with Gasteiger partial charge in [0.05, 0.1) is 4.34 Å². The minimum atomic E-state index is 0.233. The number of hydrogen-bond donors (Lipinski definition) is 1. The molecule has 0 amide bonds. The topological polar surface area (TPSA) is 29.3 Å². The Morgan fingerprint density at radius 3 is 2.62 bits per heavy atom. The smallest absolute Gasteiger partial charge is 0.0931 e. The van der Waals surface area contributed by atoms with E-state index < -0.39 is 0 Å². The Morgan fingerprint density at radius 1 is 1.44 bits per heavy atom. The zero-order valence-corrected chi connectivity index (χ0v) is 11.3. The highest BCUT2D eigenvalue weighted by atomic mass is 35.5. The van der Waals surface area contributed by atoms with E-state index in [0.29, 0.717) is 0 Å². The highest BCUT2D eigenvalue weighted by Crippen LogP contribution is 2.35. The molecule has 0 bridgehead atoms. The van der Waals surface area contributed by atoms with E-state index >= 15 is 0 Å². The van der Waals surface area contributed by atoms with Crippen LogP contribution in [-0.4, -0.2) is 24.0 Å². The Labute approximate surface area is 106 Å². The maximum absolute atomic E-state index is 5.96. The van der Waals surface area contributed by atoms with Crippen molar-refractivity contribution in [3.05, 3.63) is 21.3 Å². The average molecular weight is 259 g/mol. The van der Waals surface area contributed by atoms with Crippen LogP contribution in [0, 0.1) is 0 Å². The van der Waals surface area contributed by atoms with Crippen LogP contribution in [0.25, 0.3) is 0 Å². The van der Waals surface area contributed by atoms with Crippen molar-refractivity contribution in [1.29, 1.82) is 0 Å². The van der Waals surface area contributed by atoms with E-state index in [0.717, 1.165) is 17.4 Å². The molecule has 90 valence electrons. The van der Waals surface area contributed by atoms with Crippen LogP contribution >= 0.6 is 22.9 Å². The Balaban J connectivity index is 2.03. The Bertz CT molecular complexity index is 345. The fourth-order valence-corrected chi connectivity index (χ4v) is 3.75. The van der Waals surface area contributed by atoms with Gasteiger partial charge in [0, 0.05) is 23.5 Å². The Kier molecular flexibility index (Phi) is 3.90. The summed E-state index contributed by atoms with van der Waals surface area (Å²) in [5, 5.41) is 0. The van der Waals surface area contributed by atoms with E-state index in [1.807, 2.05) is 6.07 Å². The summed E-state index contributed by atoms with van der Waals surface area (Å²) in [6, 6.07) is 4.09. The third-order valence-electron chi connectivity index (χ3n) is 3.75. The fourth-order valence-electron chi connectivity index (χ4n) is 2.61. The van der Waals surface area contributed by atoms with Gasteiger partial charge in [-0.15, -0.1) is 11.3 Å². The molecule has 1 fully saturated rings. The summed E-state index contributed by atoms with van der Waals surface area (Å²) in [7, 11) is 2.19. The molecule has 0 spiro atoms. The number of thiophene rings is 1. The Morgan fingerprint density at radius 2 is 2.12 bits per heavy atom. The van der Waals surface area contributed by atoms with E-state index in [-0.39, 0.29) is 5.54 Å². The Hall–Kier alpha value is -0.0900. The molecule has 0 unspecified atom stereocenters. The largest absolute Gasteiger partial charge is 0.329 e. The molecule has 0 aromatic carbocycles. The molecule has 1 aliphatic carbocycles. The molecule has 1 aromatic rings. The summed E-state index contributed by atoms with van der Waals surface area (Å²) in [5.74, 6) is 0. The van der Waals surface area contributed by atoms with Crippen molar-refractivity contribution < 1.29 is 0 Å². The van der Waals surface area contributed by atoms with Crippen LogP contribution in [0.3, 0.4) is 0 Å². The van der Waals surface area contributed by atoms with Gasteiger partial charge in [0.25, 0.3) is 0 Å². The van der Waals surface area contributed by atoms with Crippen molar-refractivity contribution in [2.75, 3.05) is 13.6 Å². The predicted octanol–water partition coefficient (Wildman–Crippen LogP) is 3.10. The first-order chi connectivity index (χ1) is 7.66. The number of halogens is 1. The molecule has 0 saturated heterocycles. The highest BCUT2D eigenvalue weighted by Gasteiger charge is 2.36. The normalized spacial score (nSPS) is 19.5. The van der Waals surface area contributed by atoms with Crippen LogP contribution in [0.1, 0.15) is 30.6 Å². The molecular weight excluding hydrogens is 240 g/mol. The summed E-state index contributed by atoms with van der Waals surface area (Å²) in [6.45, 7) is 1.73. The van der Waals surface area contributed by atoms with Crippen LogP contribution in [-0.2, 0) is 6.54 Å². The maximum Gasteiger partial charge on any atom is 0.0931 e. The van der Waals surface area contributed by atoms with Crippen molar-refractivity contribution >= 4 is 22.9 Å². The zero-order valence-electron chi connectivity index (χ0n) is 9.71. The first kappa shape index (κ1) is 12.4. The molecule has 16 heavy (non-hydrogen) atoms. The fraction of sp³-hybridized carbons (Fsp3) is 0.667. The van der Waals surface area contributed by atoms with Gasteiger partial charge < -0.3 is 5.73 Å². The maximum atomic E-state index is 5.96. The average Bonchev–Trinajstić information content (AvgIpc) is 2.88. The molecule has 0 atom stereocenters. The van der Waals surface area contributed by atoms with Crippen molar-refractivity contribution in [3.63, 3.8) is 0 Å². The molecule has 1 aromatic heterocycles. The molecule has 4 heteroatoms. The quantitative estimate of drug-likeness (QED) is 0.899. The molecular formula is C12H19ClN2S. The van der Waals surface area contributed by atoms with Crippen LogP contribution < -0.4 is 5.73 Å². The van der Waals surface area contributed by atoms with Crippen LogP contribution in [0.4, 0.5) is 0 Å². The number of nitrogens with two attached hydrogens (primary N) is 1. The highest BCUT2D eigenvalue weighted by molar-refractivity contribution is 7.16. The first-order valence-corrected chi connectivity index (χ1v) is 7.01. The summed E-state index contributed by atoms with van der Waals surface area (Å²) < 4.78 is 0.872. The van der Waals surface area contributed by atoms with E-state index in [2.05, 4.69) is 18.0 Å². The molecule has 0 aliphatic heterocycles. The van der Waals surface area contributed by atoms with Gasteiger partial charge in [-0.05, 0) is 32.0 Å². The lowest BCUT2D eigenvalue weighted by molar-refractivity contribution is 0.125. The van der Waals surface area contributed by atoms with Gasteiger partial charge in [-0.25, -0.2) is 0 Å². The monoisotopic (exact) mass is 258 g/mol. The molecule has 0 radical (unpaired) electrons. The summed E-state index contributed by atoms with van der Waals surface area (Å²) in [5.41, 5.74) is 6.20. The second-order valence-electron chi connectivity index (χ2n) is 4.70. The van der Waals surface area contributed by atoms with E-state index in [4.69, 9.17) is 17.3 Å². The van der Waals surface area contributed by atoms with Gasteiger partial charge in [-0.3, -0.25) is 4.90 Å². The third kappa shape index (κ3) is 2.43. The van der Waals surface area contributed by atoms with Gasteiger partial charge in [0.15, 0.2) is 0 Å². The summed E-state index contributed by atoms with van der Waals surface area (Å²) in [6.07, 6.45) is 5.09. The lowest BCUT2D eigenvalue weighted by Crippen LogP contribution is -2.49. The van der Waals surface area contributed by atoms with Gasteiger partial charge >= 0.3 is 0 Å². The van der Waals surface area contributed by atoms with Gasteiger partial charge in [-0.2, -0.15) is 0 Å². The van der Waals surface area contributed by atoms with E-state index in [9.17, 15) is 0 Å². The molecule has 2 rings (SSSR count). The number of nitrogens with zero attached hydrogens (tertiary/aromatic N) is 1. The van der Waals surface area contributed by atoms with Gasteiger partial charge in [-0.1, -0.05) is 24.4 Å². The SMILES string of the molecule is CN(Cc1ccc(Cl)s1)C1(CN)CCCC1.